The normalized spacial score (nSPS) is 11.2. The molecule has 4 aromatic heterocycles. The molecule has 0 amide bonds. The minimum Gasteiger partial charge on any atom is -0.267 e. The summed E-state index contributed by atoms with van der Waals surface area (Å²) >= 11 is 4.34. The molecule has 5 rings (SSSR count). The van der Waals surface area contributed by atoms with Crippen molar-refractivity contribution in [3.05, 3.63) is 70.4 Å². The van der Waals surface area contributed by atoms with Gasteiger partial charge in [0.15, 0.2) is 10.2 Å². The van der Waals surface area contributed by atoms with E-state index in [1.165, 1.54) is 29.2 Å². The third-order valence-electron chi connectivity index (χ3n) is 4.02. The number of nitro groups is 1. The van der Waals surface area contributed by atoms with Gasteiger partial charge in [0, 0.05) is 18.3 Å². The zero-order valence-corrected chi connectivity index (χ0v) is 16.9. The first-order valence-electron chi connectivity index (χ1n) is 8.31. The average Bonchev–Trinajstić information content (AvgIpc) is 3.47. The first kappa shape index (κ1) is 17.9. The fourth-order valence-electron chi connectivity index (χ4n) is 2.75. The van der Waals surface area contributed by atoms with Crippen LogP contribution in [0.4, 0.5) is 5.69 Å². The largest absolute Gasteiger partial charge is 0.270 e. The van der Waals surface area contributed by atoms with E-state index in [1.54, 1.807) is 35.9 Å². The minimum atomic E-state index is -0.404. The standard InChI is InChI=1S/C18H10N6O2S3/c25-24(26)11-5-6-13-15(9-11)28-18(20-13)29-17-22-21-16(14-4-2-8-27-14)23(17)12-3-1-7-19-10-12/h1-10H. The van der Waals surface area contributed by atoms with Gasteiger partial charge in [0.1, 0.15) is 0 Å². The molecule has 0 aliphatic carbocycles. The summed E-state index contributed by atoms with van der Waals surface area (Å²) in [5, 5.41) is 22.4. The summed E-state index contributed by atoms with van der Waals surface area (Å²) in [6.45, 7) is 0. The molecule has 0 unspecified atom stereocenters. The van der Waals surface area contributed by atoms with Crippen LogP contribution in [0.25, 0.3) is 26.6 Å². The van der Waals surface area contributed by atoms with Crippen molar-refractivity contribution >= 4 is 50.3 Å². The first-order chi connectivity index (χ1) is 14.2. The Labute approximate surface area is 176 Å². The van der Waals surface area contributed by atoms with Gasteiger partial charge in [-0.1, -0.05) is 6.07 Å². The Bertz CT molecular complexity index is 1310. The van der Waals surface area contributed by atoms with E-state index in [1.807, 2.05) is 34.2 Å². The number of pyridine rings is 1. The molecule has 0 N–H and O–H groups in total. The van der Waals surface area contributed by atoms with E-state index in [0.29, 0.717) is 10.7 Å². The smallest absolute Gasteiger partial charge is 0.267 e. The number of thiazole rings is 1. The molecule has 0 saturated carbocycles. The molecule has 5 aromatic rings. The Kier molecular flexibility index (Phi) is 4.54. The van der Waals surface area contributed by atoms with E-state index in [4.69, 9.17) is 0 Å². The van der Waals surface area contributed by atoms with E-state index >= 15 is 0 Å². The molecule has 11 heteroatoms. The van der Waals surface area contributed by atoms with Crippen molar-refractivity contribution in [2.75, 3.05) is 0 Å². The van der Waals surface area contributed by atoms with Crippen molar-refractivity contribution in [2.45, 2.75) is 9.50 Å². The van der Waals surface area contributed by atoms with Gasteiger partial charge >= 0.3 is 0 Å². The number of hydrogen-bond acceptors (Lipinski definition) is 9. The van der Waals surface area contributed by atoms with Crippen LogP contribution >= 0.6 is 34.4 Å². The maximum absolute atomic E-state index is 11.0. The number of rotatable bonds is 5. The Morgan fingerprint density at radius 2 is 2.07 bits per heavy atom. The van der Waals surface area contributed by atoms with Gasteiger partial charge in [0.2, 0.25) is 5.16 Å². The van der Waals surface area contributed by atoms with Crippen LogP contribution in [0.3, 0.4) is 0 Å². The Morgan fingerprint density at radius 1 is 1.14 bits per heavy atom. The lowest BCUT2D eigenvalue weighted by molar-refractivity contribution is -0.384. The fraction of sp³-hybridized carbons (Fsp3) is 0. The van der Waals surface area contributed by atoms with Crippen LogP contribution in [-0.2, 0) is 0 Å². The number of nitrogens with zero attached hydrogens (tertiary/aromatic N) is 6. The highest BCUT2D eigenvalue weighted by Gasteiger charge is 2.19. The summed E-state index contributed by atoms with van der Waals surface area (Å²) < 4.78 is 3.43. The van der Waals surface area contributed by atoms with Gasteiger partial charge in [-0.15, -0.1) is 32.9 Å². The van der Waals surface area contributed by atoms with Crippen molar-refractivity contribution in [1.29, 1.82) is 0 Å². The number of nitro benzene ring substituents is 1. The molecule has 0 bridgehead atoms. The number of fused-ring (bicyclic) bond motifs is 1. The summed E-state index contributed by atoms with van der Waals surface area (Å²) in [5.74, 6) is 0.729. The third kappa shape index (κ3) is 3.39. The van der Waals surface area contributed by atoms with Crippen LogP contribution in [-0.4, -0.2) is 29.7 Å². The fourth-order valence-corrected chi connectivity index (χ4v) is 5.50. The second kappa shape index (κ2) is 7.35. The number of aromatic nitrogens is 5. The summed E-state index contributed by atoms with van der Waals surface area (Å²) in [7, 11) is 0. The van der Waals surface area contributed by atoms with Crippen molar-refractivity contribution < 1.29 is 4.92 Å². The summed E-state index contributed by atoms with van der Waals surface area (Å²) in [6.07, 6.45) is 3.47. The maximum Gasteiger partial charge on any atom is 0.270 e. The molecular weight excluding hydrogens is 428 g/mol. The molecular formula is C18H10N6O2S3. The van der Waals surface area contributed by atoms with Gasteiger partial charge in [-0.05, 0) is 41.4 Å². The summed E-state index contributed by atoms with van der Waals surface area (Å²) in [5.41, 5.74) is 1.62. The summed E-state index contributed by atoms with van der Waals surface area (Å²) in [4.78, 5) is 20.4. The Hall–Kier alpha value is -3.15. The molecule has 1 aromatic carbocycles. The molecule has 0 radical (unpaired) electrons. The van der Waals surface area contributed by atoms with Gasteiger partial charge in [-0.25, -0.2) is 4.98 Å². The van der Waals surface area contributed by atoms with E-state index < -0.39 is 4.92 Å². The van der Waals surface area contributed by atoms with Crippen LogP contribution in [0.2, 0.25) is 0 Å². The van der Waals surface area contributed by atoms with Crippen LogP contribution in [0.1, 0.15) is 0 Å². The number of thiophene rings is 1. The van der Waals surface area contributed by atoms with Crippen LogP contribution in [0, 0.1) is 10.1 Å². The Balaban J connectivity index is 1.58. The number of non-ortho nitro benzene ring substituents is 1. The molecule has 0 saturated heterocycles. The van der Waals surface area contributed by atoms with E-state index in [9.17, 15) is 10.1 Å². The van der Waals surface area contributed by atoms with Gasteiger partial charge in [0.25, 0.3) is 5.69 Å². The highest BCUT2D eigenvalue weighted by Crippen LogP contribution is 2.37. The molecule has 8 nitrogen and oxygen atoms in total. The Morgan fingerprint density at radius 3 is 2.83 bits per heavy atom. The van der Waals surface area contributed by atoms with Crippen LogP contribution in [0.15, 0.2) is 69.7 Å². The topological polar surface area (TPSA) is 99.6 Å². The zero-order valence-electron chi connectivity index (χ0n) is 14.5. The lowest BCUT2D eigenvalue weighted by Crippen LogP contribution is -1.99. The van der Waals surface area contributed by atoms with Crippen molar-refractivity contribution in [3.8, 4) is 16.4 Å². The molecule has 142 valence electrons. The SMILES string of the molecule is O=[N+]([O-])c1ccc2nc(Sc3nnc(-c4cccs4)n3-c3cccnc3)sc2c1. The number of hydrogen-bond donors (Lipinski definition) is 0. The quantitative estimate of drug-likeness (QED) is 0.279. The van der Waals surface area contributed by atoms with E-state index in [-0.39, 0.29) is 5.69 Å². The van der Waals surface area contributed by atoms with Crippen LogP contribution in [0.5, 0.6) is 0 Å². The first-order valence-corrected chi connectivity index (χ1v) is 10.8. The van der Waals surface area contributed by atoms with Gasteiger partial charge in [-0.2, -0.15) is 0 Å². The van der Waals surface area contributed by atoms with Crippen molar-refractivity contribution in [1.82, 2.24) is 24.7 Å². The molecule has 29 heavy (non-hydrogen) atoms. The second-order valence-corrected chi connectivity index (χ2v) is 9.01. The molecule has 0 aliphatic heterocycles. The molecule has 0 atom stereocenters. The van der Waals surface area contributed by atoms with Gasteiger partial charge in [0.05, 0.1) is 31.9 Å². The highest BCUT2D eigenvalue weighted by atomic mass is 32.2. The zero-order chi connectivity index (χ0) is 19.8. The lowest BCUT2D eigenvalue weighted by atomic mass is 10.3. The van der Waals surface area contributed by atoms with E-state index in [0.717, 1.165) is 25.4 Å². The molecule has 4 heterocycles. The molecule has 0 fully saturated rings. The maximum atomic E-state index is 11.0. The third-order valence-corrected chi connectivity index (χ3v) is 6.91. The predicted molar refractivity (Wildman–Crippen MR) is 113 cm³/mol. The minimum absolute atomic E-state index is 0.0520. The van der Waals surface area contributed by atoms with Gasteiger partial charge in [-0.3, -0.25) is 19.7 Å². The van der Waals surface area contributed by atoms with Crippen LogP contribution < -0.4 is 0 Å². The number of benzene rings is 1. The van der Waals surface area contributed by atoms with Crippen molar-refractivity contribution in [3.63, 3.8) is 0 Å². The highest BCUT2D eigenvalue weighted by molar-refractivity contribution is 8.01. The van der Waals surface area contributed by atoms with Crippen molar-refractivity contribution in [2.24, 2.45) is 0 Å². The monoisotopic (exact) mass is 438 g/mol. The second-order valence-electron chi connectivity index (χ2n) is 5.82. The van der Waals surface area contributed by atoms with E-state index in [2.05, 4.69) is 20.2 Å². The van der Waals surface area contributed by atoms with Gasteiger partial charge < -0.3 is 0 Å². The average molecular weight is 439 g/mol. The lowest BCUT2D eigenvalue weighted by Gasteiger charge is -2.07. The molecule has 0 spiro atoms. The molecule has 0 aliphatic rings. The predicted octanol–water partition coefficient (Wildman–Crippen LogP) is 5.06. The summed E-state index contributed by atoms with van der Waals surface area (Å²) in [6, 6.07) is 12.4.